The highest BCUT2D eigenvalue weighted by molar-refractivity contribution is 5.81. The zero-order valence-electron chi connectivity index (χ0n) is 14.6. The summed E-state index contributed by atoms with van der Waals surface area (Å²) < 4.78 is 37.9. The number of halogens is 3. The summed E-state index contributed by atoms with van der Waals surface area (Å²) >= 11 is 0. The molecule has 1 fully saturated rings. The second kappa shape index (κ2) is 8.51. The van der Waals surface area contributed by atoms with Gasteiger partial charge in [-0.2, -0.15) is 13.2 Å². The zero-order valence-corrected chi connectivity index (χ0v) is 14.6. The predicted octanol–water partition coefficient (Wildman–Crippen LogP) is 2.53. The first-order chi connectivity index (χ1) is 11.8. The molecule has 1 aliphatic rings. The Morgan fingerprint density at radius 1 is 1.28 bits per heavy atom. The number of carbonyl (C=O) groups is 1. The van der Waals surface area contributed by atoms with Crippen LogP contribution in [0.25, 0.3) is 0 Å². The Bertz CT molecular complexity index is 562. The molecule has 1 amide bonds. The number of rotatable bonds is 5. The third-order valence-corrected chi connectivity index (χ3v) is 4.41. The van der Waals surface area contributed by atoms with Crippen LogP contribution in [0.4, 0.5) is 19.0 Å². The van der Waals surface area contributed by atoms with E-state index in [0.29, 0.717) is 32.0 Å². The van der Waals surface area contributed by atoms with Crippen molar-refractivity contribution in [3.05, 3.63) is 23.9 Å². The molecule has 0 spiro atoms. The summed E-state index contributed by atoms with van der Waals surface area (Å²) in [7, 11) is 0. The molecule has 5 nitrogen and oxygen atoms in total. The molecule has 0 aromatic carbocycles. The van der Waals surface area contributed by atoms with Gasteiger partial charge in [0.05, 0.1) is 11.6 Å². The SMILES string of the molecule is CCCNC(=O)C(C)N1CCCN(c2ccc(C(F)(F)F)cn2)CC1. The number of pyridine rings is 1. The Morgan fingerprint density at radius 2 is 2.04 bits per heavy atom. The molecule has 2 rings (SSSR count). The molecule has 1 atom stereocenters. The molecular formula is C17H25F3N4O. The third-order valence-electron chi connectivity index (χ3n) is 4.41. The average Bonchev–Trinajstić information content (AvgIpc) is 2.84. The van der Waals surface area contributed by atoms with Gasteiger partial charge in [0.15, 0.2) is 0 Å². The van der Waals surface area contributed by atoms with Gasteiger partial charge in [0.1, 0.15) is 5.82 Å². The van der Waals surface area contributed by atoms with Crippen molar-refractivity contribution in [1.29, 1.82) is 0 Å². The van der Waals surface area contributed by atoms with Crippen LogP contribution in [0.2, 0.25) is 0 Å². The topological polar surface area (TPSA) is 48.5 Å². The van der Waals surface area contributed by atoms with Gasteiger partial charge in [0.2, 0.25) is 5.91 Å². The van der Waals surface area contributed by atoms with E-state index in [9.17, 15) is 18.0 Å². The molecule has 1 saturated heterocycles. The number of hydrogen-bond donors (Lipinski definition) is 1. The van der Waals surface area contributed by atoms with E-state index in [4.69, 9.17) is 0 Å². The number of nitrogens with zero attached hydrogens (tertiary/aromatic N) is 3. The standard InChI is InChI=1S/C17H25F3N4O/c1-3-7-21-16(25)13(2)23-8-4-9-24(11-10-23)15-6-5-14(12-22-15)17(18,19)20/h5-6,12-13H,3-4,7-11H2,1-2H3,(H,21,25). The Labute approximate surface area is 146 Å². The summed E-state index contributed by atoms with van der Waals surface area (Å²) in [6, 6.07) is 2.26. The van der Waals surface area contributed by atoms with Crippen LogP contribution in [0.15, 0.2) is 18.3 Å². The third kappa shape index (κ3) is 5.32. The van der Waals surface area contributed by atoms with Gasteiger partial charge < -0.3 is 10.2 Å². The van der Waals surface area contributed by atoms with Gasteiger partial charge in [-0.05, 0) is 31.9 Å². The van der Waals surface area contributed by atoms with E-state index < -0.39 is 11.7 Å². The maximum Gasteiger partial charge on any atom is 0.417 e. The van der Waals surface area contributed by atoms with Crippen molar-refractivity contribution in [3.63, 3.8) is 0 Å². The number of alkyl halides is 3. The fourth-order valence-electron chi connectivity index (χ4n) is 2.86. The number of hydrogen-bond acceptors (Lipinski definition) is 4. The quantitative estimate of drug-likeness (QED) is 0.879. The van der Waals surface area contributed by atoms with Crippen LogP contribution >= 0.6 is 0 Å². The zero-order chi connectivity index (χ0) is 18.4. The molecule has 0 saturated carbocycles. The minimum Gasteiger partial charge on any atom is -0.355 e. The molecule has 1 unspecified atom stereocenters. The first-order valence-electron chi connectivity index (χ1n) is 8.63. The largest absolute Gasteiger partial charge is 0.417 e. The lowest BCUT2D eigenvalue weighted by Crippen LogP contribution is -2.46. The lowest BCUT2D eigenvalue weighted by Gasteiger charge is -2.27. The van der Waals surface area contributed by atoms with E-state index in [0.717, 1.165) is 31.6 Å². The molecule has 0 aliphatic carbocycles. The van der Waals surface area contributed by atoms with Crippen molar-refractivity contribution < 1.29 is 18.0 Å². The van der Waals surface area contributed by atoms with E-state index >= 15 is 0 Å². The smallest absolute Gasteiger partial charge is 0.355 e. The summed E-state index contributed by atoms with van der Waals surface area (Å²) in [5, 5.41) is 2.90. The summed E-state index contributed by atoms with van der Waals surface area (Å²) in [4.78, 5) is 20.2. The highest BCUT2D eigenvalue weighted by Crippen LogP contribution is 2.29. The Kier molecular flexibility index (Phi) is 6.64. The molecule has 1 aliphatic heterocycles. The van der Waals surface area contributed by atoms with Crippen molar-refractivity contribution in [2.75, 3.05) is 37.6 Å². The molecule has 1 aromatic heterocycles. The van der Waals surface area contributed by atoms with Crippen molar-refractivity contribution in [2.24, 2.45) is 0 Å². The number of anilines is 1. The predicted molar refractivity (Wildman–Crippen MR) is 90.4 cm³/mol. The van der Waals surface area contributed by atoms with E-state index in [1.165, 1.54) is 6.07 Å². The number of aromatic nitrogens is 1. The normalized spacial score (nSPS) is 17.9. The van der Waals surface area contributed by atoms with Crippen molar-refractivity contribution >= 4 is 11.7 Å². The Morgan fingerprint density at radius 3 is 2.64 bits per heavy atom. The summed E-state index contributed by atoms with van der Waals surface area (Å²) in [5.74, 6) is 0.556. The monoisotopic (exact) mass is 358 g/mol. The summed E-state index contributed by atoms with van der Waals surface area (Å²) in [5.41, 5.74) is -0.742. The maximum atomic E-state index is 12.6. The van der Waals surface area contributed by atoms with E-state index in [1.54, 1.807) is 0 Å². The molecule has 1 aromatic rings. The van der Waals surface area contributed by atoms with Crippen LogP contribution in [0, 0.1) is 0 Å². The number of carbonyl (C=O) groups excluding carboxylic acids is 1. The van der Waals surface area contributed by atoms with Gasteiger partial charge in [-0.3, -0.25) is 9.69 Å². The Balaban J connectivity index is 1.95. The van der Waals surface area contributed by atoms with E-state index in [-0.39, 0.29) is 11.9 Å². The minimum absolute atomic E-state index is 0.0166. The molecule has 2 heterocycles. The highest BCUT2D eigenvalue weighted by atomic mass is 19.4. The van der Waals surface area contributed by atoms with E-state index in [1.807, 2.05) is 18.7 Å². The van der Waals surface area contributed by atoms with Crippen LogP contribution in [0.5, 0.6) is 0 Å². The number of nitrogens with one attached hydrogen (secondary N) is 1. The van der Waals surface area contributed by atoms with Crippen molar-refractivity contribution in [1.82, 2.24) is 15.2 Å². The van der Waals surface area contributed by atoms with Gasteiger partial charge in [-0.25, -0.2) is 4.98 Å². The molecule has 1 N–H and O–H groups in total. The maximum absolute atomic E-state index is 12.6. The lowest BCUT2D eigenvalue weighted by atomic mass is 10.2. The summed E-state index contributed by atoms with van der Waals surface area (Å²) in [6.45, 7) is 7.34. The molecule has 0 bridgehead atoms. The molecule has 25 heavy (non-hydrogen) atoms. The Hall–Kier alpha value is -1.83. The van der Waals surface area contributed by atoms with Crippen LogP contribution in [-0.4, -0.2) is 54.6 Å². The van der Waals surface area contributed by atoms with E-state index in [2.05, 4.69) is 15.2 Å². The second-order valence-corrected chi connectivity index (χ2v) is 6.25. The average molecular weight is 358 g/mol. The fourth-order valence-corrected chi connectivity index (χ4v) is 2.86. The molecule has 140 valence electrons. The first kappa shape index (κ1) is 19.5. The van der Waals surface area contributed by atoms with Crippen LogP contribution < -0.4 is 10.2 Å². The van der Waals surface area contributed by atoms with Crippen molar-refractivity contribution in [3.8, 4) is 0 Å². The van der Waals surface area contributed by atoms with Gasteiger partial charge in [-0.1, -0.05) is 6.92 Å². The van der Waals surface area contributed by atoms with Crippen LogP contribution in [0.3, 0.4) is 0 Å². The second-order valence-electron chi connectivity index (χ2n) is 6.25. The van der Waals surface area contributed by atoms with Gasteiger partial charge in [-0.15, -0.1) is 0 Å². The van der Waals surface area contributed by atoms with Gasteiger partial charge >= 0.3 is 6.18 Å². The fraction of sp³-hybridized carbons (Fsp3) is 0.647. The van der Waals surface area contributed by atoms with Crippen molar-refractivity contribution in [2.45, 2.75) is 38.9 Å². The number of amides is 1. The summed E-state index contributed by atoms with van der Waals surface area (Å²) in [6.07, 6.45) is -1.78. The lowest BCUT2D eigenvalue weighted by molar-refractivity contribution is -0.137. The van der Waals surface area contributed by atoms with Crippen LogP contribution in [-0.2, 0) is 11.0 Å². The molecular weight excluding hydrogens is 333 g/mol. The molecule has 0 radical (unpaired) electrons. The van der Waals surface area contributed by atoms with Gasteiger partial charge in [0, 0.05) is 38.9 Å². The van der Waals surface area contributed by atoms with Gasteiger partial charge in [0.25, 0.3) is 0 Å². The van der Waals surface area contributed by atoms with Crippen LogP contribution in [0.1, 0.15) is 32.3 Å². The minimum atomic E-state index is -4.37. The first-order valence-corrected chi connectivity index (χ1v) is 8.63. The highest BCUT2D eigenvalue weighted by Gasteiger charge is 2.31. The molecule has 8 heteroatoms.